The van der Waals surface area contributed by atoms with E-state index in [1.165, 1.54) is 5.56 Å². The van der Waals surface area contributed by atoms with Gasteiger partial charge < -0.3 is 4.74 Å². The second-order valence-electron chi connectivity index (χ2n) is 3.05. The van der Waals surface area contributed by atoms with Crippen LogP contribution in [0.4, 0.5) is 0 Å². The van der Waals surface area contributed by atoms with Gasteiger partial charge in [-0.2, -0.15) is 0 Å². The quantitative estimate of drug-likeness (QED) is 0.794. The predicted molar refractivity (Wildman–Crippen MR) is 68.9 cm³/mol. The molecule has 76 valence electrons. The molecule has 0 aliphatic heterocycles. The van der Waals surface area contributed by atoms with Crippen LogP contribution in [0.3, 0.4) is 0 Å². The monoisotopic (exact) mass is 311 g/mol. The molecule has 0 aliphatic carbocycles. The first-order chi connectivity index (χ1) is 7.33. The number of rotatable bonds is 2. The van der Waals surface area contributed by atoms with Crippen molar-refractivity contribution in [2.45, 2.75) is 0 Å². The van der Waals surface area contributed by atoms with Crippen molar-refractivity contribution in [3.8, 4) is 17.0 Å². The zero-order valence-electron chi connectivity index (χ0n) is 8.27. The maximum atomic E-state index is 5.19. The van der Waals surface area contributed by atoms with E-state index in [1.54, 1.807) is 13.3 Å². The highest BCUT2D eigenvalue weighted by molar-refractivity contribution is 14.1. The summed E-state index contributed by atoms with van der Waals surface area (Å²) in [5, 5.41) is 0. The number of methoxy groups -OCH3 is 1. The van der Waals surface area contributed by atoms with Crippen LogP contribution in [0, 0.1) is 3.57 Å². The first kappa shape index (κ1) is 10.4. The average Bonchev–Trinajstić information content (AvgIpc) is 2.30. The first-order valence-corrected chi connectivity index (χ1v) is 5.64. The van der Waals surface area contributed by atoms with Gasteiger partial charge in [-0.15, -0.1) is 0 Å². The van der Waals surface area contributed by atoms with Gasteiger partial charge >= 0.3 is 0 Å². The molecule has 0 bridgehead atoms. The van der Waals surface area contributed by atoms with E-state index >= 15 is 0 Å². The van der Waals surface area contributed by atoms with E-state index in [1.807, 2.05) is 24.3 Å². The Balaban J connectivity index is 2.54. The third kappa shape index (κ3) is 2.12. The molecule has 0 saturated heterocycles. The maximum Gasteiger partial charge on any atom is 0.227 e. The Morgan fingerprint density at radius 3 is 2.53 bits per heavy atom. The predicted octanol–water partition coefficient (Wildman–Crippen LogP) is 3.36. The summed E-state index contributed by atoms with van der Waals surface area (Å²) in [6.07, 6.45) is 1.77. The summed E-state index contributed by atoms with van der Waals surface area (Å²) < 4.78 is 6.23. The Kier molecular flexibility index (Phi) is 3.20. The Labute approximate surface area is 102 Å². The van der Waals surface area contributed by atoms with Gasteiger partial charge in [0.25, 0.3) is 0 Å². The highest BCUT2D eigenvalue weighted by Gasteiger charge is 2.08. The minimum Gasteiger partial charge on any atom is -0.480 e. The smallest absolute Gasteiger partial charge is 0.227 e. The molecule has 2 rings (SSSR count). The third-order valence-electron chi connectivity index (χ3n) is 2.14. The van der Waals surface area contributed by atoms with Crippen LogP contribution in [0.2, 0.25) is 0 Å². The Hall–Kier alpha value is -1.10. The normalized spacial score (nSPS) is 10.0. The highest BCUT2D eigenvalue weighted by atomic mass is 127. The molecule has 0 amide bonds. The lowest BCUT2D eigenvalue weighted by Crippen LogP contribution is -1.92. The van der Waals surface area contributed by atoms with Gasteiger partial charge in [0.1, 0.15) is 0 Å². The lowest BCUT2D eigenvalue weighted by Gasteiger charge is -2.07. The van der Waals surface area contributed by atoms with Crippen molar-refractivity contribution >= 4 is 22.6 Å². The molecule has 2 nitrogen and oxygen atoms in total. The lowest BCUT2D eigenvalue weighted by molar-refractivity contribution is 0.395. The summed E-state index contributed by atoms with van der Waals surface area (Å²) in [5.41, 5.74) is 2.34. The zero-order valence-corrected chi connectivity index (χ0v) is 10.4. The van der Waals surface area contributed by atoms with Crippen LogP contribution < -0.4 is 4.74 Å². The molecule has 0 N–H and O–H groups in total. The maximum absolute atomic E-state index is 5.19. The van der Waals surface area contributed by atoms with Gasteiger partial charge in [0.2, 0.25) is 5.88 Å². The van der Waals surface area contributed by atoms with Crippen molar-refractivity contribution in [2.75, 3.05) is 7.11 Å². The molecular formula is C12H10INO. The molecule has 0 spiro atoms. The number of aromatic nitrogens is 1. The standard InChI is InChI=1S/C12H10INO/c1-15-12-11(13)10(7-8-14-12)9-5-3-2-4-6-9/h2-8H,1H3. The van der Waals surface area contributed by atoms with Crippen LogP contribution in [-0.4, -0.2) is 12.1 Å². The number of halogens is 1. The lowest BCUT2D eigenvalue weighted by atomic mass is 10.1. The fraction of sp³-hybridized carbons (Fsp3) is 0.0833. The molecule has 3 heteroatoms. The summed E-state index contributed by atoms with van der Waals surface area (Å²) in [6, 6.07) is 12.2. The summed E-state index contributed by atoms with van der Waals surface area (Å²) in [6.45, 7) is 0. The van der Waals surface area contributed by atoms with Gasteiger partial charge in [-0.1, -0.05) is 30.3 Å². The Bertz CT molecular complexity index is 456. The summed E-state index contributed by atoms with van der Waals surface area (Å²) in [5.74, 6) is 0.678. The number of ether oxygens (including phenoxy) is 1. The van der Waals surface area contributed by atoms with Gasteiger partial charge in [-0.05, 0) is 34.2 Å². The topological polar surface area (TPSA) is 22.1 Å². The zero-order chi connectivity index (χ0) is 10.7. The molecule has 1 aromatic heterocycles. The fourth-order valence-electron chi connectivity index (χ4n) is 1.41. The van der Waals surface area contributed by atoms with E-state index in [-0.39, 0.29) is 0 Å². The van der Waals surface area contributed by atoms with E-state index in [2.05, 4.69) is 39.7 Å². The van der Waals surface area contributed by atoms with Crippen LogP contribution in [0.1, 0.15) is 0 Å². The van der Waals surface area contributed by atoms with E-state index < -0.39 is 0 Å². The third-order valence-corrected chi connectivity index (χ3v) is 3.18. The molecule has 0 unspecified atom stereocenters. The number of hydrogen-bond donors (Lipinski definition) is 0. The molecule has 1 aromatic carbocycles. The molecule has 0 atom stereocenters. The molecule has 0 saturated carbocycles. The minimum absolute atomic E-state index is 0.678. The summed E-state index contributed by atoms with van der Waals surface area (Å²) in [4.78, 5) is 4.15. The molecule has 2 aromatic rings. The van der Waals surface area contributed by atoms with Gasteiger partial charge in [-0.25, -0.2) is 4.98 Å². The highest BCUT2D eigenvalue weighted by Crippen LogP contribution is 2.29. The second-order valence-corrected chi connectivity index (χ2v) is 4.13. The van der Waals surface area contributed by atoms with Crippen molar-refractivity contribution in [3.05, 3.63) is 46.2 Å². The van der Waals surface area contributed by atoms with Crippen molar-refractivity contribution < 1.29 is 4.74 Å². The Morgan fingerprint density at radius 1 is 1.13 bits per heavy atom. The van der Waals surface area contributed by atoms with Crippen molar-refractivity contribution in [1.82, 2.24) is 4.98 Å². The summed E-state index contributed by atoms with van der Waals surface area (Å²) in [7, 11) is 1.64. The van der Waals surface area contributed by atoms with Crippen LogP contribution in [0.5, 0.6) is 5.88 Å². The molecular weight excluding hydrogens is 301 g/mol. The van der Waals surface area contributed by atoms with Crippen LogP contribution >= 0.6 is 22.6 Å². The van der Waals surface area contributed by atoms with Gasteiger partial charge in [0, 0.05) is 11.8 Å². The average molecular weight is 311 g/mol. The van der Waals surface area contributed by atoms with Crippen LogP contribution in [0.25, 0.3) is 11.1 Å². The van der Waals surface area contributed by atoms with Crippen molar-refractivity contribution in [2.24, 2.45) is 0 Å². The first-order valence-electron chi connectivity index (χ1n) is 4.57. The largest absolute Gasteiger partial charge is 0.480 e. The van der Waals surface area contributed by atoms with Crippen molar-refractivity contribution in [1.29, 1.82) is 0 Å². The number of nitrogens with zero attached hydrogens (tertiary/aromatic N) is 1. The SMILES string of the molecule is COc1nccc(-c2ccccc2)c1I. The van der Waals surface area contributed by atoms with E-state index in [0.717, 1.165) is 9.13 Å². The molecule has 0 fully saturated rings. The van der Waals surface area contributed by atoms with Crippen molar-refractivity contribution in [3.63, 3.8) is 0 Å². The fourth-order valence-corrected chi connectivity index (χ4v) is 2.26. The molecule has 1 heterocycles. The number of hydrogen-bond acceptors (Lipinski definition) is 2. The number of pyridine rings is 1. The molecule has 0 aliphatic rings. The van der Waals surface area contributed by atoms with E-state index in [4.69, 9.17) is 4.74 Å². The van der Waals surface area contributed by atoms with E-state index in [9.17, 15) is 0 Å². The second kappa shape index (κ2) is 4.61. The minimum atomic E-state index is 0.678. The van der Waals surface area contributed by atoms with Crippen LogP contribution in [0.15, 0.2) is 42.6 Å². The van der Waals surface area contributed by atoms with Crippen LogP contribution in [-0.2, 0) is 0 Å². The molecule has 0 radical (unpaired) electrons. The van der Waals surface area contributed by atoms with Gasteiger partial charge in [0.15, 0.2) is 0 Å². The number of benzene rings is 1. The Morgan fingerprint density at radius 2 is 1.87 bits per heavy atom. The molecule has 15 heavy (non-hydrogen) atoms. The van der Waals surface area contributed by atoms with Gasteiger partial charge in [0.05, 0.1) is 10.7 Å². The summed E-state index contributed by atoms with van der Waals surface area (Å²) >= 11 is 2.26. The van der Waals surface area contributed by atoms with Gasteiger partial charge in [-0.3, -0.25) is 0 Å². The van der Waals surface area contributed by atoms with E-state index in [0.29, 0.717) is 5.88 Å².